The predicted octanol–water partition coefficient (Wildman–Crippen LogP) is -0.0357. The number of carbonyl (C=O) groups excluding carboxylic acids is 1. The van der Waals surface area contributed by atoms with E-state index in [1.165, 1.54) is 13.1 Å². The van der Waals surface area contributed by atoms with Gasteiger partial charge in [0.15, 0.2) is 0 Å². The lowest BCUT2D eigenvalue weighted by atomic mass is 10.4. The Morgan fingerprint density at radius 3 is 2.76 bits per heavy atom. The number of aromatic amines is 1. The number of ether oxygens (including phenoxy) is 1. The van der Waals surface area contributed by atoms with Gasteiger partial charge >= 0.3 is 11.7 Å². The van der Waals surface area contributed by atoms with Crippen molar-refractivity contribution in [3.8, 4) is 0 Å². The minimum absolute atomic E-state index is 0.0227. The average molecular weight is 238 g/mol. The summed E-state index contributed by atoms with van der Waals surface area (Å²) in [5, 5.41) is 0. The maximum absolute atomic E-state index is 11.6. The lowest BCUT2D eigenvalue weighted by molar-refractivity contribution is -0.139. The summed E-state index contributed by atoms with van der Waals surface area (Å²) in [6.45, 7) is 6.51. The third-order valence-corrected chi connectivity index (χ3v) is 2.14. The van der Waals surface area contributed by atoms with E-state index in [-0.39, 0.29) is 24.3 Å². The van der Waals surface area contributed by atoms with Crippen LogP contribution in [0.5, 0.6) is 0 Å². The van der Waals surface area contributed by atoms with E-state index in [2.05, 4.69) is 11.6 Å². The number of rotatable bonds is 4. The summed E-state index contributed by atoms with van der Waals surface area (Å²) in [6.07, 6.45) is 1.35. The maximum atomic E-state index is 11.6. The van der Waals surface area contributed by atoms with E-state index in [9.17, 15) is 14.4 Å². The molecule has 0 atom stereocenters. The number of hydrogen-bond donors (Lipinski definition) is 1. The Balaban J connectivity index is 2.74. The summed E-state index contributed by atoms with van der Waals surface area (Å²) in [5.41, 5.74) is -0.210. The van der Waals surface area contributed by atoms with Gasteiger partial charge in [0.2, 0.25) is 0 Å². The van der Waals surface area contributed by atoms with Crippen molar-refractivity contribution in [2.45, 2.75) is 20.4 Å². The number of hydrogen-bond acceptors (Lipinski definition) is 4. The number of carbonyl (C=O) groups is 1. The highest BCUT2D eigenvalue weighted by Crippen LogP contribution is 1.91. The lowest BCUT2D eigenvalue weighted by Gasteiger charge is -2.06. The Kier molecular flexibility index (Phi) is 4.03. The molecule has 17 heavy (non-hydrogen) atoms. The number of nitrogens with one attached hydrogen (secondary N) is 1. The second kappa shape index (κ2) is 5.29. The van der Waals surface area contributed by atoms with Gasteiger partial charge in [-0.25, -0.2) is 9.59 Å². The van der Waals surface area contributed by atoms with Gasteiger partial charge < -0.3 is 9.72 Å². The summed E-state index contributed by atoms with van der Waals surface area (Å²) in [6, 6.07) is 0. The zero-order chi connectivity index (χ0) is 13.0. The Bertz CT molecular complexity index is 553. The number of aromatic nitrogens is 2. The number of H-pyrrole nitrogens is 1. The summed E-state index contributed by atoms with van der Waals surface area (Å²) in [5.74, 6) is -0.540. The molecule has 1 heterocycles. The second-order valence-corrected chi connectivity index (χ2v) is 3.65. The fraction of sp³-hybridized carbons (Fsp3) is 0.364. The van der Waals surface area contributed by atoms with Crippen molar-refractivity contribution < 1.29 is 9.53 Å². The molecule has 0 bridgehead atoms. The standard InChI is InChI=1S/C11H14N2O4/c1-7(2)10(15)17-5-4-13-9(14)8(3)6-12-11(13)16/h6H,1,4-5H2,2-3H3,(H,12,16). The van der Waals surface area contributed by atoms with E-state index in [4.69, 9.17) is 4.74 Å². The predicted molar refractivity (Wildman–Crippen MR) is 61.8 cm³/mol. The molecule has 0 aliphatic heterocycles. The molecule has 1 N–H and O–H groups in total. The van der Waals surface area contributed by atoms with Crippen molar-refractivity contribution in [1.82, 2.24) is 9.55 Å². The molecule has 0 saturated carbocycles. The summed E-state index contributed by atoms with van der Waals surface area (Å²) in [4.78, 5) is 36.4. The van der Waals surface area contributed by atoms with Crippen molar-refractivity contribution in [2.24, 2.45) is 0 Å². The van der Waals surface area contributed by atoms with Gasteiger partial charge in [0.1, 0.15) is 6.61 Å². The van der Waals surface area contributed by atoms with Crippen LogP contribution in [0, 0.1) is 6.92 Å². The smallest absolute Gasteiger partial charge is 0.333 e. The number of aryl methyl sites for hydroxylation is 1. The van der Waals surface area contributed by atoms with Gasteiger partial charge in [0, 0.05) is 17.3 Å². The Labute approximate surface area is 97.5 Å². The largest absolute Gasteiger partial charge is 0.460 e. The summed E-state index contributed by atoms with van der Waals surface area (Å²) in [7, 11) is 0. The summed E-state index contributed by atoms with van der Waals surface area (Å²) < 4.78 is 5.79. The Morgan fingerprint density at radius 2 is 2.18 bits per heavy atom. The monoisotopic (exact) mass is 238 g/mol. The third-order valence-electron chi connectivity index (χ3n) is 2.14. The van der Waals surface area contributed by atoms with E-state index in [0.717, 1.165) is 4.57 Å². The first kappa shape index (κ1) is 13.0. The van der Waals surface area contributed by atoms with Crippen LogP contribution in [0.15, 0.2) is 27.9 Å². The second-order valence-electron chi connectivity index (χ2n) is 3.65. The molecule has 0 aliphatic carbocycles. The van der Waals surface area contributed by atoms with E-state index >= 15 is 0 Å². The van der Waals surface area contributed by atoms with Crippen LogP contribution in [0.4, 0.5) is 0 Å². The molecule has 0 fully saturated rings. The van der Waals surface area contributed by atoms with Crippen molar-refractivity contribution in [2.75, 3.05) is 6.61 Å². The van der Waals surface area contributed by atoms with Crippen molar-refractivity contribution in [1.29, 1.82) is 0 Å². The molecule has 1 aromatic heterocycles. The van der Waals surface area contributed by atoms with Crippen LogP contribution in [-0.2, 0) is 16.1 Å². The van der Waals surface area contributed by atoms with E-state index < -0.39 is 11.7 Å². The van der Waals surface area contributed by atoms with Crippen LogP contribution in [0.1, 0.15) is 12.5 Å². The minimum Gasteiger partial charge on any atom is -0.460 e. The van der Waals surface area contributed by atoms with Crippen LogP contribution in [0.25, 0.3) is 0 Å². The highest BCUT2D eigenvalue weighted by Gasteiger charge is 2.06. The zero-order valence-corrected chi connectivity index (χ0v) is 9.78. The summed E-state index contributed by atoms with van der Waals surface area (Å²) >= 11 is 0. The molecular weight excluding hydrogens is 224 g/mol. The van der Waals surface area contributed by atoms with Gasteiger partial charge in [-0.15, -0.1) is 0 Å². The molecule has 0 aliphatic rings. The molecule has 0 saturated heterocycles. The van der Waals surface area contributed by atoms with E-state index in [1.54, 1.807) is 6.92 Å². The van der Waals surface area contributed by atoms with Gasteiger partial charge in [-0.05, 0) is 13.8 Å². The van der Waals surface area contributed by atoms with Gasteiger partial charge in [0.25, 0.3) is 5.56 Å². The molecule has 92 valence electrons. The molecule has 1 rings (SSSR count). The van der Waals surface area contributed by atoms with Crippen LogP contribution in [0.2, 0.25) is 0 Å². The SMILES string of the molecule is C=C(C)C(=O)OCCn1c(=O)[nH]cc(C)c1=O. The minimum atomic E-state index is -0.540. The topological polar surface area (TPSA) is 81.2 Å². The van der Waals surface area contributed by atoms with Gasteiger partial charge in [-0.3, -0.25) is 9.36 Å². The van der Waals surface area contributed by atoms with Crippen LogP contribution < -0.4 is 11.2 Å². The first-order valence-corrected chi connectivity index (χ1v) is 5.05. The lowest BCUT2D eigenvalue weighted by Crippen LogP contribution is -2.37. The normalized spacial score (nSPS) is 10.0. The first-order chi connectivity index (χ1) is 7.93. The third kappa shape index (κ3) is 3.17. The van der Waals surface area contributed by atoms with E-state index in [1.807, 2.05) is 0 Å². The van der Waals surface area contributed by atoms with Crippen molar-refractivity contribution >= 4 is 5.97 Å². The van der Waals surface area contributed by atoms with Gasteiger partial charge in [0.05, 0.1) is 6.54 Å². The molecule has 0 aromatic carbocycles. The molecule has 6 nitrogen and oxygen atoms in total. The van der Waals surface area contributed by atoms with Crippen LogP contribution in [-0.4, -0.2) is 22.1 Å². The fourth-order valence-electron chi connectivity index (χ4n) is 1.17. The van der Waals surface area contributed by atoms with Gasteiger partial charge in [-0.1, -0.05) is 6.58 Å². The van der Waals surface area contributed by atoms with Crippen molar-refractivity contribution in [3.63, 3.8) is 0 Å². The van der Waals surface area contributed by atoms with E-state index in [0.29, 0.717) is 5.56 Å². The first-order valence-electron chi connectivity index (χ1n) is 5.05. The Morgan fingerprint density at radius 1 is 1.53 bits per heavy atom. The highest BCUT2D eigenvalue weighted by atomic mass is 16.5. The molecule has 0 amide bonds. The average Bonchev–Trinajstić information content (AvgIpc) is 2.28. The molecule has 0 spiro atoms. The number of esters is 1. The molecule has 0 radical (unpaired) electrons. The highest BCUT2D eigenvalue weighted by molar-refractivity contribution is 5.86. The molecule has 1 aromatic rings. The number of nitrogens with zero attached hydrogens (tertiary/aromatic N) is 1. The zero-order valence-electron chi connectivity index (χ0n) is 9.78. The van der Waals surface area contributed by atoms with Crippen LogP contribution in [0.3, 0.4) is 0 Å². The quantitative estimate of drug-likeness (QED) is 0.589. The molecule has 6 heteroatoms. The van der Waals surface area contributed by atoms with Crippen LogP contribution >= 0.6 is 0 Å². The fourth-order valence-corrected chi connectivity index (χ4v) is 1.17. The van der Waals surface area contributed by atoms with Gasteiger partial charge in [-0.2, -0.15) is 0 Å². The molecular formula is C11H14N2O4. The Hall–Kier alpha value is -2.11. The van der Waals surface area contributed by atoms with Crippen molar-refractivity contribution in [3.05, 3.63) is 44.8 Å². The molecule has 0 unspecified atom stereocenters. The maximum Gasteiger partial charge on any atom is 0.333 e.